The van der Waals surface area contributed by atoms with Gasteiger partial charge in [-0.15, -0.1) is 0 Å². The van der Waals surface area contributed by atoms with Crippen LogP contribution in [0.25, 0.3) is 0 Å². The van der Waals surface area contributed by atoms with Crippen LogP contribution in [0, 0.1) is 0 Å². The zero-order valence-electron chi connectivity index (χ0n) is 14.8. The molecule has 0 aliphatic carbocycles. The molecule has 0 radical (unpaired) electrons. The van der Waals surface area contributed by atoms with E-state index in [1.165, 1.54) is 0 Å². The van der Waals surface area contributed by atoms with Gasteiger partial charge in [0, 0.05) is 5.33 Å². The van der Waals surface area contributed by atoms with E-state index in [0.29, 0.717) is 91.2 Å². The largest absolute Gasteiger partial charge is 0.394 e. The lowest BCUT2D eigenvalue weighted by atomic mass is 10.1. The second kappa shape index (κ2) is 16.3. The van der Waals surface area contributed by atoms with Crippen molar-refractivity contribution in [2.75, 3.05) is 97.8 Å². The average Bonchev–Trinajstić information content (AvgIpc) is 2.63. The number of rotatable bonds is 7. The minimum absolute atomic E-state index is 0.000843. The first-order valence-corrected chi connectivity index (χ1v) is 9.72. The van der Waals surface area contributed by atoms with E-state index in [4.69, 9.17) is 38.3 Å². The number of aliphatic hydroxyl groups excluding tert-OH is 1. The van der Waals surface area contributed by atoms with E-state index < -0.39 is 5.60 Å². The SMILES string of the molecule is OCCOCCOC1(CBr)COCCOCCOCCOCCOC1. The minimum atomic E-state index is -0.608. The van der Waals surface area contributed by atoms with Gasteiger partial charge in [0.05, 0.1) is 92.5 Å². The molecule has 1 heterocycles. The highest BCUT2D eigenvalue weighted by molar-refractivity contribution is 9.09. The topological polar surface area (TPSA) is 84.8 Å². The van der Waals surface area contributed by atoms with Crippen LogP contribution >= 0.6 is 15.9 Å². The predicted octanol–water partition coefficient (Wildman–Crippen LogP) is 0.242. The number of aliphatic hydroxyl groups is 1. The van der Waals surface area contributed by atoms with Crippen LogP contribution in [0.2, 0.25) is 0 Å². The highest BCUT2D eigenvalue weighted by Crippen LogP contribution is 2.17. The molecule has 25 heavy (non-hydrogen) atoms. The summed E-state index contributed by atoms with van der Waals surface area (Å²) in [6.45, 7) is 5.95. The first-order chi connectivity index (χ1) is 12.3. The van der Waals surface area contributed by atoms with E-state index in [0.717, 1.165) is 0 Å². The van der Waals surface area contributed by atoms with Crippen LogP contribution in [0.15, 0.2) is 0 Å². The molecular weight excluding hydrogens is 400 g/mol. The Hall–Kier alpha value is 0.160. The van der Waals surface area contributed by atoms with Crippen molar-refractivity contribution in [2.24, 2.45) is 0 Å². The fraction of sp³-hybridized carbons (Fsp3) is 1.00. The van der Waals surface area contributed by atoms with Crippen molar-refractivity contribution < 1.29 is 38.3 Å². The molecule has 0 unspecified atom stereocenters. The monoisotopic (exact) mass is 430 g/mol. The van der Waals surface area contributed by atoms with E-state index in [2.05, 4.69) is 15.9 Å². The molecule has 1 aliphatic heterocycles. The molecule has 9 heteroatoms. The normalized spacial score (nSPS) is 21.8. The third kappa shape index (κ3) is 12.2. The van der Waals surface area contributed by atoms with Crippen LogP contribution in [0.1, 0.15) is 0 Å². The van der Waals surface area contributed by atoms with Crippen molar-refractivity contribution >= 4 is 15.9 Å². The van der Waals surface area contributed by atoms with Gasteiger partial charge in [-0.3, -0.25) is 0 Å². The van der Waals surface area contributed by atoms with Crippen molar-refractivity contribution in [3.05, 3.63) is 0 Å². The Morgan fingerprint density at radius 2 is 1.20 bits per heavy atom. The summed E-state index contributed by atoms with van der Waals surface area (Å²) in [7, 11) is 0. The van der Waals surface area contributed by atoms with Gasteiger partial charge < -0.3 is 38.3 Å². The third-order valence-corrected chi connectivity index (χ3v) is 4.36. The molecule has 150 valence electrons. The highest BCUT2D eigenvalue weighted by atomic mass is 79.9. The Kier molecular flexibility index (Phi) is 15.2. The van der Waals surface area contributed by atoms with Gasteiger partial charge in [0.15, 0.2) is 0 Å². The number of halogens is 1. The van der Waals surface area contributed by atoms with Crippen molar-refractivity contribution in [3.63, 3.8) is 0 Å². The lowest BCUT2D eigenvalue weighted by Gasteiger charge is -2.32. The molecule has 1 N–H and O–H groups in total. The van der Waals surface area contributed by atoms with Crippen LogP contribution in [0.3, 0.4) is 0 Å². The van der Waals surface area contributed by atoms with Crippen molar-refractivity contribution in [3.8, 4) is 0 Å². The van der Waals surface area contributed by atoms with Gasteiger partial charge in [0.25, 0.3) is 0 Å². The molecule has 0 saturated carbocycles. The van der Waals surface area contributed by atoms with E-state index in [9.17, 15) is 0 Å². The van der Waals surface area contributed by atoms with Crippen LogP contribution in [0.4, 0.5) is 0 Å². The molecule has 0 aromatic heterocycles. The molecule has 1 aliphatic rings. The molecule has 1 saturated heterocycles. The molecule has 0 atom stereocenters. The average molecular weight is 431 g/mol. The predicted molar refractivity (Wildman–Crippen MR) is 94.5 cm³/mol. The molecule has 0 aromatic rings. The van der Waals surface area contributed by atoms with Crippen LogP contribution in [-0.4, -0.2) is 109 Å². The summed E-state index contributed by atoms with van der Waals surface area (Å²) in [5.41, 5.74) is -0.608. The van der Waals surface area contributed by atoms with Crippen LogP contribution in [0.5, 0.6) is 0 Å². The first kappa shape index (κ1) is 23.2. The minimum Gasteiger partial charge on any atom is -0.394 e. The summed E-state index contributed by atoms with van der Waals surface area (Å²) in [5, 5.41) is 9.29. The van der Waals surface area contributed by atoms with Crippen molar-refractivity contribution in [1.82, 2.24) is 0 Å². The van der Waals surface area contributed by atoms with Gasteiger partial charge >= 0.3 is 0 Å². The lowest BCUT2D eigenvalue weighted by Crippen LogP contribution is -2.46. The standard InChI is InChI=1S/C16H31BrO8/c17-13-16(25-12-11-19-2-1-18)14-23-9-7-21-5-3-20-4-6-22-8-10-24-15-16/h18H,1-15H2. The zero-order valence-corrected chi connectivity index (χ0v) is 16.4. The molecule has 0 spiro atoms. The van der Waals surface area contributed by atoms with E-state index >= 15 is 0 Å². The Bertz CT molecular complexity index is 279. The highest BCUT2D eigenvalue weighted by Gasteiger charge is 2.31. The summed E-state index contributed by atoms with van der Waals surface area (Å²) in [5.74, 6) is 0. The summed E-state index contributed by atoms with van der Waals surface area (Å²) in [4.78, 5) is 0. The molecule has 0 bridgehead atoms. The van der Waals surface area contributed by atoms with Crippen molar-refractivity contribution in [1.29, 1.82) is 0 Å². The smallest absolute Gasteiger partial charge is 0.124 e. The summed E-state index contributed by atoms with van der Waals surface area (Å²) < 4.78 is 38.9. The van der Waals surface area contributed by atoms with Crippen LogP contribution < -0.4 is 0 Å². The van der Waals surface area contributed by atoms with E-state index in [1.54, 1.807) is 0 Å². The first-order valence-electron chi connectivity index (χ1n) is 8.60. The van der Waals surface area contributed by atoms with Crippen LogP contribution in [-0.2, 0) is 33.2 Å². The summed E-state index contributed by atoms with van der Waals surface area (Å²) >= 11 is 3.50. The molecular formula is C16H31BrO8. The maximum atomic E-state index is 8.72. The quantitative estimate of drug-likeness (QED) is 0.454. The molecule has 1 fully saturated rings. The van der Waals surface area contributed by atoms with Crippen molar-refractivity contribution in [2.45, 2.75) is 5.60 Å². The van der Waals surface area contributed by atoms with Gasteiger partial charge in [0.1, 0.15) is 5.60 Å². The summed E-state index contributed by atoms with van der Waals surface area (Å²) in [6, 6.07) is 0. The Balaban J connectivity index is 2.42. The Morgan fingerprint density at radius 3 is 1.64 bits per heavy atom. The Labute approximate surface area is 158 Å². The maximum Gasteiger partial charge on any atom is 0.124 e. The van der Waals surface area contributed by atoms with E-state index in [1.807, 2.05) is 0 Å². The van der Waals surface area contributed by atoms with Gasteiger partial charge in [0.2, 0.25) is 0 Å². The number of alkyl halides is 1. The van der Waals surface area contributed by atoms with Gasteiger partial charge in [-0.25, -0.2) is 0 Å². The maximum absolute atomic E-state index is 8.72. The summed E-state index contributed by atoms with van der Waals surface area (Å²) in [6.07, 6.45) is 0. The fourth-order valence-corrected chi connectivity index (χ4v) is 2.50. The second-order valence-corrected chi connectivity index (χ2v) is 6.00. The molecule has 8 nitrogen and oxygen atoms in total. The van der Waals surface area contributed by atoms with E-state index in [-0.39, 0.29) is 6.61 Å². The third-order valence-electron chi connectivity index (χ3n) is 3.33. The molecule has 0 aromatic carbocycles. The number of ether oxygens (including phenoxy) is 7. The fourth-order valence-electron chi connectivity index (χ4n) is 2.02. The number of hydrogen-bond acceptors (Lipinski definition) is 8. The molecule has 0 amide bonds. The van der Waals surface area contributed by atoms with Gasteiger partial charge in [-0.05, 0) is 0 Å². The van der Waals surface area contributed by atoms with Gasteiger partial charge in [-0.2, -0.15) is 0 Å². The Morgan fingerprint density at radius 1 is 0.720 bits per heavy atom. The zero-order chi connectivity index (χ0) is 18.1. The second-order valence-electron chi connectivity index (χ2n) is 5.44. The molecule has 1 rings (SSSR count). The van der Waals surface area contributed by atoms with Gasteiger partial charge in [-0.1, -0.05) is 15.9 Å². The number of hydrogen-bond donors (Lipinski definition) is 1. The lowest BCUT2D eigenvalue weighted by molar-refractivity contribution is -0.139.